The summed E-state index contributed by atoms with van der Waals surface area (Å²) in [7, 11) is 1.86. The molecule has 1 aromatic heterocycles. The molecule has 224 valence electrons. The lowest BCUT2D eigenvalue weighted by molar-refractivity contribution is -0.205. The van der Waals surface area contributed by atoms with E-state index in [1.54, 1.807) is 11.2 Å². The third kappa shape index (κ3) is 5.04. The Morgan fingerprint density at radius 2 is 1.80 bits per heavy atom. The average Bonchev–Trinajstić information content (AvgIpc) is 3.22. The number of carbonyl (C=O) groups excluding carboxylic acids is 1. The minimum Gasteiger partial charge on any atom is -0.446 e. The third-order valence-electron chi connectivity index (χ3n) is 12.4. The Kier molecular flexibility index (Phi) is 8.47. The topological polar surface area (TPSA) is 83.2 Å². The molecule has 4 aliphatic rings. The van der Waals surface area contributed by atoms with Crippen molar-refractivity contribution < 1.29 is 19.1 Å². The van der Waals surface area contributed by atoms with Gasteiger partial charge in [-0.25, -0.2) is 9.59 Å². The second-order valence-electron chi connectivity index (χ2n) is 13.9. The normalized spacial score (nSPS) is 38.8. The third-order valence-corrected chi connectivity index (χ3v) is 12.4. The molecular formula is C33H52N2O5. The fourth-order valence-electron chi connectivity index (χ4n) is 9.79. The van der Waals surface area contributed by atoms with Crippen LogP contribution in [0.1, 0.15) is 103 Å². The van der Waals surface area contributed by atoms with E-state index in [0.717, 1.165) is 96.0 Å². The van der Waals surface area contributed by atoms with Crippen LogP contribution in [-0.2, 0) is 4.74 Å². The van der Waals surface area contributed by atoms with Gasteiger partial charge in [0.2, 0.25) is 0 Å². The molecule has 1 heterocycles. The Bertz CT molecular complexity index is 1080. The van der Waals surface area contributed by atoms with Gasteiger partial charge in [0.15, 0.2) is 0 Å². The van der Waals surface area contributed by atoms with Crippen molar-refractivity contribution in [3.05, 3.63) is 34.4 Å². The van der Waals surface area contributed by atoms with Gasteiger partial charge in [-0.2, -0.15) is 0 Å². The number of carbonyl (C=O) groups is 1. The fraction of sp³-hybridized carbons (Fsp3) is 0.818. The molecule has 0 unspecified atom stereocenters. The zero-order valence-electron chi connectivity index (χ0n) is 25.5. The molecular weight excluding hydrogens is 504 g/mol. The predicted molar refractivity (Wildman–Crippen MR) is 156 cm³/mol. The largest absolute Gasteiger partial charge is 0.446 e. The van der Waals surface area contributed by atoms with Crippen LogP contribution in [0.25, 0.3) is 0 Å². The molecule has 0 bridgehead atoms. The van der Waals surface area contributed by atoms with Crippen LogP contribution in [0.15, 0.2) is 27.6 Å². The molecule has 0 aliphatic heterocycles. The highest BCUT2D eigenvalue weighted by molar-refractivity contribution is 5.67. The predicted octanol–water partition coefficient (Wildman–Crippen LogP) is 6.05. The van der Waals surface area contributed by atoms with Crippen molar-refractivity contribution in [3.8, 4) is 0 Å². The lowest BCUT2D eigenvalue weighted by Gasteiger charge is -2.63. The van der Waals surface area contributed by atoms with Crippen LogP contribution in [0.5, 0.6) is 0 Å². The summed E-state index contributed by atoms with van der Waals surface area (Å²) in [6.07, 6.45) is 11.3. The molecule has 0 saturated heterocycles. The van der Waals surface area contributed by atoms with Crippen molar-refractivity contribution in [2.75, 3.05) is 33.2 Å². The second-order valence-corrected chi connectivity index (χ2v) is 13.9. The SMILES string of the molecule is CCN(CC)CCCN(C)C(=O)O[C@H]1CC[C@@]2(C)[C@H](CC[C@@H]3[C@@H]2CC[C@]2(C)[C@@H](c4ccc(=O)oc4)CC[C@]32O)C1. The van der Waals surface area contributed by atoms with Crippen LogP contribution >= 0.6 is 0 Å². The monoisotopic (exact) mass is 556 g/mol. The van der Waals surface area contributed by atoms with Gasteiger partial charge in [0.05, 0.1) is 11.9 Å². The summed E-state index contributed by atoms with van der Waals surface area (Å²) in [5.74, 6) is 1.54. The fourth-order valence-corrected chi connectivity index (χ4v) is 9.79. The number of ether oxygens (including phenoxy) is 1. The van der Waals surface area contributed by atoms with Gasteiger partial charge in [0.1, 0.15) is 6.10 Å². The van der Waals surface area contributed by atoms with Crippen LogP contribution in [0.4, 0.5) is 4.79 Å². The summed E-state index contributed by atoms with van der Waals surface area (Å²) in [4.78, 5) is 28.6. The van der Waals surface area contributed by atoms with E-state index in [2.05, 4.69) is 32.6 Å². The summed E-state index contributed by atoms with van der Waals surface area (Å²) in [6.45, 7) is 12.9. The maximum absolute atomic E-state index is 12.9. The van der Waals surface area contributed by atoms with Gasteiger partial charge in [-0.1, -0.05) is 27.7 Å². The highest BCUT2D eigenvalue weighted by Crippen LogP contribution is 2.70. The number of aliphatic hydroxyl groups is 1. The van der Waals surface area contributed by atoms with Crippen LogP contribution < -0.4 is 5.63 Å². The molecule has 5 rings (SSSR count). The summed E-state index contributed by atoms with van der Waals surface area (Å²) >= 11 is 0. The number of nitrogens with zero attached hydrogens (tertiary/aromatic N) is 2. The minimum absolute atomic E-state index is 0.00658. The molecule has 1 N–H and O–H groups in total. The van der Waals surface area contributed by atoms with Crippen LogP contribution in [-0.4, -0.2) is 65.9 Å². The summed E-state index contributed by atoms with van der Waals surface area (Å²) in [5.41, 5.74) is 0.00910. The number of hydrogen-bond acceptors (Lipinski definition) is 6. The molecule has 40 heavy (non-hydrogen) atoms. The quantitative estimate of drug-likeness (QED) is 0.420. The van der Waals surface area contributed by atoms with E-state index in [0.29, 0.717) is 17.8 Å². The first-order valence-corrected chi connectivity index (χ1v) is 16.0. The standard InChI is InChI=1S/C33H52N2O5/c1-6-35(7-2)20-8-19-34(5)30(37)40-25-13-16-31(3)24(21-25)10-11-28-27(31)14-17-32(4)26(15-18-33(28,32)38)23-9-12-29(36)39-22-23/h9,12,22,24-28,38H,6-8,10-11,13-21H2,1-5H3/t24-,25+,26-,27+,28-,31+,32-,33+/m1/s1. The maximum atomic E-state index is 12.9. The van der Waals surface area contributed by atoms with Gasteiger partial charge < -0.3 is 24.1 Å². The Hall–Kier alpha value is -1.86. The van der Waals surface area contributed by atoms with Crippen LogP contribution in [0.2, 0.25) is 0 Å². The molecule has 0 aromatic carbocycles. The molecule has 8 atom stereocenters. The minimum atomic E-state index is -0.693. The van der Waals surface area contributed by atoms with Crippen LogP contribution in [0.3, 0.4) is 0 Å². The first kappa shape index (κ1) is 29.6. The van der Waals surface area contributed by atoms with Crippen LogP contribution in [0, 0.1) is 28.6 Å². The smallest absolute Gasteiger partial charge is 0.409 e. The molecule has 4 fully saturated rings. The number of amides is 1. The lowest BCUT2D eigenvalue weighted by atomic mass is 9.43. The Balaban J connectivity index is 1.21. The zero-order valence-corrected chi connectivity index (χ0v) is 25.5. The number of hydrogen-bond donors (Lipinski definition) is 1. The van der Waals surface area contributed by atoms with Crippen molar-refractivity contribution in [2.45, 2.75) is 110 Å². The Labute approximate surface area is 240 Å². The molecule has 0 radical (unpaired) electrons. The van der Waals surface area contributed by atoms with E-state index in [1.165, 1.54) is 6.07 Å². The van der Waals surface area contributed by atoms with Gasteiger partial charge in [0, 0.05) is 25.1 Å². The molecule has 1 amide bonds. The Morgan fingerprint density at radius 1 is 1.02 bits per heavy atom. The maximum Gasteiger partial charge on any atom is 0.409 e. The van der Waals surface area contributed by atoms with Gasteiger partial charge >= 0.3 is 11.7 Å². The molecule has 7 heteroatoms. The van der Waals surface area contributed by atoms with Crippen molar-refractivity contribution in [1.82, 2.24) is 9.80 Å². The van der Waals surface area contributed by atoms with E-state index in [1.807, 2.05) is 13.1 Å². The number of rotatable bonds is 8. The first-order chi connectivity index (χ1) is 19.1. The van der Waals surface area contributed by atoms with Gasteiger partial charge in [-0.05, 0) is 125 Å². The first-order valence-electron chi connectivity index (χ1n) is 16.0. The van der Waals surface area contributed by atoms with Crippen molar-refractivity contribution in [2.24, 2.45) is 28.6 Å². The lowest BCUT2D eigenvalue weighted by Crippen LogP contribution is -2.62. The van der Waals surface area contributed by atoms with E-state index in [4.69, 9.17) is 9.15 Å². The highest BCUT2D eigenvalue weighted by Gasteiger charge is 2.67. The highest BCUT2D eigenvalue weighted by atomic mass is 16.6. The summed E-state index contributed by atoms with van der Waals surface area (Å²) < 4.78 is 11.3. The van der Waals surface area contributed by atoms with E-state index >= 15 is 0 Å². The molecule has 4 aliphatic carbocycles. The molecule has 0 spiro atoms. The van der Waals surface area contributed by atoms with Gasteiger partial charge in [0.25, 0.3) is 0 Å². The van der Waals surface area contributed by atoms with Crippen molar-refractivity contribution in [1.29, 1.82) is 0 Å². The van der Waals surface area contributed by atoms with E-state index < -0.39 is 5.60 Å². The summed E-state index contributed by atoms with van der Waals surface area (Å²) in [6, 6.07) is 3.42. The number of fused-ring (bicyclic) bond motifs is 5. The van der Waals surface area contributed by atoms with Crippen molar-refractivity contribution in [3.63, 3.8) is 0 Å². The van der Waals surface area contributed by atoms with Crippen molar-refractivity contribution >= 4 is 6.09 Å². The van der Waals surface area contributed by atoms with Gasteiger partial charge in [-0.15, -0.1) is 0 Å². The molecule has 1 aromatic rings. The average molecular weight is 557 g/mol. The zero-order chi connectivity index (χ0) is 28.7. The van der Waals surface area contributed by atoms with Gasteiger partial charge in [-0.3, -0.25) is 0 Å². The van der Waals surface area contributed by atoms with E-state index in [-0.39, 0.29) is 34.6 Å². The second kappa shape index (κ2) is 11.4. The molecule has 7 nitrogen and oxygen atoms in total. The van der Waals surface area contributed by atoms with E-state index in [9.17, 15) is 14.7 Å². The Morgan fingerprint density at radius 3 is 2.50 bits per heavy atom. The molecule has 4 saturated carbocycles. The summed E-state index contributed by atoms with van der Waals surface area (Å²) in [5, 5.41) is 12.5.